The molecule has 1 saturated heterocycles. The molecular weight excluding hydrogens is 285 g/mol. The lowest BCUT2D eigenvalue weighted by atomic mass is 10.1. The molecular formula is C13H15BrFNO. The van der Waals surface area contributed by atoms with Gasteiger partial charge in [0.05, 0.1) is 0 Å². The number of benzene rings is 1. The predicted octanol–water partition coefficient (Wildman–Crippen LogP) is 3.52. The first-order valence-corrected chi connectivity index (χ1v) is 6.56. The molecule has 1 unspecified atom stereocenters. The number of likely N-dealkylation sites (tertiary alicyclic amines) is 1. The summed E-state index contributed by atoms with van der Waals surface area (Å²) in [6.45, 7) is 4.49. The molecule has 17 heavy (non-hydrogen) atoms. The van der Waals surface area contributed by atoms with Gasteiger partial charge in [-0.2, -0.15) is 0 Å². The molecule has 4 heteroatoms. The Morgan fingerprint density at radius 1 is 1.53 bits per heavy atom. The van der Waals surface area contributed by atoms with Gasteiger partial charge in [0.25, 0.3) is 5.91 Å². The molecule has 0 aliphatic carbocycles. The van der Waals surface area contributed by atoms with Gasteiger partial charge in [-0.1, -0.05) is 15.9 Å². The molecule has 0 radical (unpaired) electrons. The minimum absolute atomic E-state index is 0.0744. The Kier molecular flexibility index (Phi) is 3.52. The Balaban J connectivity index is 2.31. The molecule has 2 rings (SSSR count). The third kappa shape index (κ3) is 2.37. The average molecular weight is 300 g/mol. The van der Waals surface area contributed by atoms with Gasteiger partial charge in [0.1, 0.15) is 5.82 Å². The number of carbonyl (C=O) groups excluding carboxylic acids is 1. The van der Waals surface area contributed by atoms with Crippen molar-refractivity contribution in [2.75, 3.05) is 6.54 Å². The van der Waals surface area contributed by atoms with Gasteiger partial charge in [-0.25, -0.2) is 4.39 Å². The van der Waals surface area contributed by atoms with Crippen LogP contribution >= 0.6 is 15.9 Å². The van der Waals surface area contributed by atoms with Gasteiger partial charge < -0.3 is 4.90 Å². The number of carbonyl (C=O) groups is 1. The standard InChI is InChI=1S/C13H15BrFNO/c1-8-4-3-5-16(8)13(17)10-6-11(14)9(2)12(15)7-10/h6-8H,3-5H2,1-2H3. The minimum atomic E-state index is -0.338. The maximum Gasteiger partial charge on any atom is 0.254 e. The summed E-state index contributed by atoms with van der Waals surface area (Å²) in [7, 11) is 0. The lowest BCUT2D eigenvalue weighted by molar-refractivity contribution is 0.0747. The predicted molar refractivity (Wildman–Crippen MR) is 68.6 cm³/mol. The van der Waals surface area contributed by atoms with Crippen LogP contribution in [0.15, 0.2) is 16.6 Å². The van der Waals surface area contributed by atoms with Crippen LogP contribution in [0.3, 0.4) is 0 Å². The first kappa shape index (κ1) is 12.6. The van der Waals surface area contributed by atoms with Crippen LogP contribution in [0.5, 0.6) is 0 Å². The highest BCUT2D eigenvalue weighted by Crippen LogP contribution is 2.24. The van der Waals surface area contributed by atoms with Gasteiger partial charge in [-0.05, 0) is 44.4 Å². The van der Waals surface area contributed by atoms with Crippen molar-refractivity contribution in [2.24, 2.45) is 0 Å². The van der Waals surface area contributed by atoms with Crippen molar-refractivity contribution in [3.63, 3.8) is 0 Å². The molecule has 1 atom stereocenters. The smallest absolute Gasteiger partial charge is 0.254 e. The van der Waals surface area contributed by atoms with Crippen molar-refractivity contribution in [1.29, 1.82) is 0 Å². The third-order valence-electron chi connectivity index (χ3n) is 3.34. The van der Waals surface area contributed by atoms with E-state index in [0.29, 0.717) is 15.6 Å². The molecule has 0 spiro atoms. The van der Waals surface area contributed by atoms with Crippen molar-refractivity contribution in [1.82, 2.24) is 4.90 Å². The Morgan fingerprint density at radius 3 is 2.76 bits per heavy atom. The first-order valence-electron chi connectivity index (χ1n) is 5.77. The van der Waals surface area contributed by atoms with E-state index >= 15 is 0 Å². The molecule has 1 amide bonds. The number of hydrogen-bond donors (Lipinski definition) is 0. The zero-order chi connectivity index (χ0) is 12.6. The highest BCUT2D eigenvalue weighted by molar-refractivity contribution is 9.10. The summed E-state index contributed by atoms with van der Waals surface area (Å²) in [5, 5.41) is 0. The molecule has 0 saturated carbocycles. The second-order valence-corrected chi connectivity index (χ2v) is 5.41. The molecule has 2 nitrogen and oxygen atoms in total. The molecule has 1 aromatic carbocycles. The summed E-state index contributed by atoms with van der Waals surface area (Å²) in [5.74, 6) is -0.413. The summed E-state index contributed by atoms with van der Waals surface area (Å²) in [4.78, 5) is 14.0. The van der Waals surface area contributed by atoms with Gasteiger partial charge in [0.15, 0.2) is 0 Å². The normalized spacial score (nSPS) is 19.8. The van der Waals surface area contributed by atoms with Crippen molar-refractivity contribution in [3.05, 3.63) is 33.5 Å². The van der Waals surface area contributed by atoms with Gasteiger partial charge >= 0.3 is 0 Å². The molecule has 1 fully saturated rings. The van der Waals surface area contributed by atoms with E-state index < -0.39 is 0 Å². The second-order valence-electron chi connectivity index (χ2n) is 4.55. The number of hydrogen-bond acceptors (Lipinski definition) is 1. The number of rotatable bonds is 1. The van der Waals surface area contributed by atoms with E-state index in [1.807, 2.05) is 11.8 Å². The van der Waals surface area contributed by atoms with Crippen molar-refractivity contribution >= 4 is 21.8 Å². The highest BCUT2D eigenvalue weighted by atomic mass is 79.9. The van der Waals surface area contributed by atoms with E-state index in [-0.39, 0.29) is 17.8 Å². The number of amides is 1. The summed E-state index contributed by atoms with van der Waals surface area (Å²) >= 11 is 3.28. The first-order chi connectivity index (χ1) is 8.00. The fourth-order valence-corrected chi connectivity index (χ4v) is 2.61. The molecule has 1 aliphatic rings. The topological polar surface area (TPSA) is 20.3 Å². The van der Waals surface area contributed by atoms with E-state index in [1.54, 1.807) is 13.0 Å². The third-order valence-corrected chi connectivity index (χ3v) is 4.17. The van der Waals surface area contributed by atoms with E-state index in [0.717, 1.165) is 19.4 Å². The van der Waals surface area contributed by atoms with E-state index in [2.05, 4.69) is 15.9 Å². The van der Waals surface area contributed by atoms with E-state index in [4.69, 9.17) is 0 Å². The zero-order valence-corrected chi connectivity index (χ0v) is 11.6. The van der Waals surface area contributed by atoms with Gasteiger partial charge in [0.2, 0.25) is 0 Å². The van der Waals surface area contributed by atoms with Crippen LogP contribution in [0.1, 0.15) is 35.7 Å². The van der Waals surface area contributed by atoms with Crippen LogP contribution in [-0.2, 0) is 0 Å². The van der Waals surface area contributed by atoms with Crippen molar-refractivity contribution < 1.29 is 9.18 Å². The summed E-state index contributed by atoms with van der Waals surface area (Å²) in [6, 6.07) is 3.28. The summed E-state index contributed by atoms with van der Waals surface area (Å²) in [6.07, 6.45) is 2.06. The number of nitrogens with zero attached hydrogens (tertiary/aromatic N) is 1. The summed E-state index contributed by atoms with van der Waals surface area (Å²) < 4.78 is 14.2. The van der Waals surface area contributed by atoms with Crippen molar-refractivity contribution in [2.45, 2.75) is 32.7 Å². The van der Waals surface area contributed by atoms with Gasteiger partial charge in [-0.3, -0.25) is 4.79 Å². The molecule has 1 heterocycles. The number of halogens is 2. The molecule has 1 aromatic rings. The van der Waals surface area contributed by atoms with E-state index in [1.165, 1.54) is 6.07 Å². The highest BCUT2D eigenvalue weighted by Gasteiger charge is 2.26. The van der Waals surface area contributed by atoms with Crippen LogP contribution in [0.25, 0.3) is 0 Å². The Labute approximate surface area is 109 Å². The molecule has 0 aromatic heterocycles. The van der Waals surface area contributed by atoms with Crippen LogP contribution in [0.4, 0.5) is 4.39 Å². The fourth-order valence-electron chi connectivity index (χ4n) is 2.17. The Hall–Kier alpha value is -0.900. The van der Waals surface area contributed by atoms with Gasteiger partial charge in [-0.15, -0.1) is 0 Å². The SMILES string of the molecule is Cc1c(F)cc(C(=O)N2CCCC2C)cc1Br. The van der Waals surface area contributed by atoms with Crippen molar-refractivity contribution in [3.8, 4) is 0 Å². The van der Waals surface area contributed by atoms with Crippen LogP contribution in [0.2, 0.25) is 0 Å². The fraction of sp³-hybridized carbons (Fsp3) is 0.462. The lowest BCUT2D eigenvalue weighted by Crippen LogP contribution is -2.33. The minimum Gasteiger partial charge on any atom is -0.336 e. The summed E-state index contributed by atoms with van der Waals surface area (Å²) in [5.41, 5.74) is 0.963. The van der Waals surface area contributed by atoms with Crippen LogP contribution in [-0.4, -0.2) is 23.4 Å². The Morgan fingerprint density at radius 2 is 2.24 bits per heavy atom. The quantitative estimate of drug-likeness (QED) is 0.777. The maximum absolute atomic E-state index is 13.6. The van der Waals surface area contributed by atoms with Gasteiger partial charge in [0, 0.05) is 22.6 Å². The molecule has 0 bridgehead atoms. The molecule has 1 aliphatic heterocycles. The maximum atomic E-state index is 13.6. The van der Waals surface area contributed by atoms with Crippen LogP contribution in [0, 0.1) is 12.7 Å². The Bertz CT molecular complexity index is 438. The molecule has 0 N–H and O–H groups in total. The van der Waals surface area contributed by atoms with E-state index in [9.17, 15) is 9.18 Å². The average Bonchev–Trinajstić information content (AvgIpc) is 2.70. The second kappa shape index (κ2) is 4.77. The zero-order valence-electron chi connectivity index (χ0n) is 9.96. The largest absolute Gasteiger partial charge is 0.336 e. The lowest BCUT2D eigenvalue weighted by Gasteiger charge is -2.21. The van der Waals surface area contributed by atoms with Crippen LogP contribution < -0.4 is 0 Å². The molecule has 92 valence electrons. The monoisotopic (exact) mass is 299 g/mol.